The Kier molecular flexibility index (Phi) is 20.3. The van der Waals surface area contributed by atoms with Crippen molar-refractivity contribution in [1.29, 1.82) is 0 Å². The molecule has 7 nitrogen and oxygen atoms in total. The smallest absolute Gasteiger partial charge is 0.248 e. The number of primary amides is 2. The third kappa shape index (κ3) is 10.8. The minimum absolute atomic E-state index is 0. The van der Waals surface area contributed by atoms with Crippen molar-refractivity contribution in [1.82, 2.24) is 0 Å². The number of carbonyl (C=O) groups is 2. The SMILES string of the molecule is CC.C[N+](=O)[O-].NC(=O)c1ccc(-c2ccccc2)c2c1CC1C=CC=CC21.NC(=O)c1ccc(-c2ccccc2)c2c1CC1C=CC=CC21.[CH3-].[CH3-].[Y].[Y]. The Morgan fingerprint density at radius 3 is 1.22 bits per heavy atom. The monoisotopic (exact) mass is 873 g/mol. The summed E-state index contributed by atoms with van der Waals surface area (Å²) >= 11 is 0. The molecule has 9 heteroatoms. The van der Waals surface area contributed by atoms with Crippen molar-refractivity contribution < 1.29 is 79.9 Å². The fraction of sp³-hybridized carbons (Fsp3) is 0.200. The third-order valence-electron chi connectivity index (χ3n) is 9.46. The van der Waals surface area contributed by atoms with Crippen molar-refractivity contribution in [3.05, 3.63) is 192 Å². The fourth-order valence-electron chi connectivity index (χ4n) is 7.52. The molecule has 4 N–H and O–H groups in total. The van der Waals surface area contributed by atoms with E-state index in [-0.39, 0.29) is 92.1 Å². The molecule has 0 aromatic heterocycles. The largest absolute Gasteiger partial charge is 0.366 e. The van der Waals surface area contributed by atoms with Gasteiger partial charge in [0.2, 0.25) is 11.8 Å². The molecule has 276 valence electrons. The van der Waals surface area contributed by atoms with Gasteiger partial charge in [0.05, 0.1) is 0 Å². The summed E-state index contributed by atoms with van der Waals surface area (Å²) in [6.07, 6.45) is 19.1. The molecule has 8 rings (SSSR count). The summed E-state index contributed by atoms with van der Waals surface area (Å²) in [7, 11) is 0.889. The Balaban J connectivity index is 0.000000443. The number of amides is 2. The van der Waals surface area contributed by atoms with Gasteiger partial charge in [-0.3, -0.25) is 19.7 Å². The summed E-state index contributed by atoms with van der Waals surface area (Å²) in [6, 6.07) is 28.6. The first-order chi connectivity index (χ1) is 24.2. The molecule has 4 unspecified atom stereocenters. The van der Waals surface area contributed by atoms with Crippen molar-refractivity contribution in [2.45, 2.75) is 38.5 Å². The van der Waals surface area contributed by atoms with Crippen molar-refractivity contribution >= 4 is 11.8 Å². The van der Waals surface area contributed by atoms with E-state index >= 15 is 0 Å². The number of allylic oxidation sites excluding steroid dienone is 8. The van der Waals surface area contributed by atoms with E-state index in [1.165, 1.54) is 33.4 Å². The van der Waals surface area contributed by atoms with Crippen LogP contribution in [0.1, 0.15) is 68.7 Å². The third-order valence-corrected chi connectivity index (χ3v) is 9.46. The van der Waals surface area contributed by atoms with Gasteiger partial charge < -0.3 is 26.3 Å². The minimum atomic E-state index is -0.500. The second-order valence-electron chi connectivity index (χ2n) is 12.3. The van der Waals surface area contributed by atoms with Gasteiger partial charge in [0, 0.05) is 93.3 Å². The normalized spacial score (nSPS) is 18.1. The van der Waals surface area contributed by atoms with E-state index in [1.807, 2.05) is 74.5 Å². The van der Waals surface area contributed by atoms with Gasteiger partial charge in [-0.2, -0.15) is 0 Å². The molecule has 4 aromatic carbocycles. The van der Waals surface area contributed by atoms with E-state index in [1.54, 1.807) is 0 Å². The zero-order chi connectivity index (χ0) is 35.8. The maximum atomic E-state index is 11.8. The van der Waals surface area contributed by atoms with Gasteiger partial charge in [-0.15, -0.1) is 0 Å². The average molecular weight is 874 g/mol. The predicted octanol–water partition coefficient (Wildman–Crippen LogP) is 9.48. The molecule has 4 atom stereocenters. The quantitative estimate of drug-likeness (QED) is 0.120. The minimum Gasteiger partial charge on any atom is -0.366 e. The zero-order valence-corrected chi connectivity index (χ0v) is 37.5. The fourth-order valence-corrected chi connectivity index (χ4v) is 7.52. The number of carbonyl (C=O) groups excluding carboxylic acids is 2. The van der Waals surface area contributed by atoms with Gasteiger partial charge in [0.1, 0.15) is 0 Å². The van der Waals surface area contributed by atoms with E-state index in [4.69, 9.17) is 21.6 Å². The van der Waals surface area contributed by atoms with Crippen LogP contribution in [0, 0.1) is 36.8 Å². The zero-order valence-electron chi connectivity index (χ0n) is 31.8. The standard InChI is InChI=1S/2C20H17NO.C2H6.CH3NO2.2CH3.2Y/c2*21-20(22)17-11-10-16(13-6-2-1-3-7-13)19-15-9-5-4-8-14(15)12-18(17)19;1-2;1-2(3)4;;;;/h2*1-11,14-15H,12H2,(H2,21,22);1-2H3;1H3;2*1H3;;/q;;;;2*-1;;. The molecular weight excluding hydrogens is 824 g/mol. The Hall–Kier alpha value is -3.61. The summed E-state index contributed by atoms with van der Waals surface area (Å²) in [4.78, 5) is 31.9. The summed E-state index contributed by atoms with van der Waals surface area (Å²) in [5.41, 5.74) is 22.1. The van der Waals surface area contributed by atoms with Crippen molar-refractivity contribution in [3.63, 3.8) is 0 Å². The van der Waals surface area contributed by atoms with Crippen LogP contribution in [-0.2, 0) is 78.3 Å². The first kappa shape index (κ1) is 48.4. The Bertz CT molecular complexity index is 1860. The van der Waals surface area contributed by atoms with Crippen LogP contribution < -0.4 is 11.5 Å². The predicted molar refractivity (Wildman–Crippen MR) is 214 cm³/mol. The Morgan fingerprint density at radius 1 is 0.593 bits per heavy atom. The molecule has 4 aliphatic rings. The topological polar surface area (TPSA) is 129 Å². The molecule has 0 fully saturated rings. The molecule has 4 aromatic rings. The van der Waals surface area contributed by atoms with Crippen LogP contribution in [0.2, 0.25) is 0 Å². The molecule has 2 radical (unpaired) electrons. The molecule has 54 heavy (non-hydrogen) atoms. The first-order valence-corrected chi connectivity index (χ1v) is 17.0. The molecule has 0 saturated carbocycles. The van der Waals surface area contributed by atoms with Gasteiger partial charge >= 0.3 is 0 Å². The number of rotatable bonds is 4. The number of benzene rings is 4. The number of nitro groups is 1. The van der Waals surface area contributed by atoms with Crippen LogP contribution in [0.5, 0.6) is 0 Å². The number of nitrogens with two attached hydrogens (primary N) is 2. The van der Waals surface area contributed by atoms with Crippen LogP contribution in [0.3, 0.4) is 0 Å². The summed E-state index contributed by atoms with van der Waals surface area (Å²) < 4.78 is 0. The summed E-state index contributed by atoms with van der Waals surface area (Å²) in [5.74, 6) is 0.889. The molecule has 0 bridgehead atoms. The number of hydrogen-bond acceptors (Lipinski definition) is 4. The van der Waals surface area contributed by atoms with Crippen LogP contribution in [0.25, 0.3) is 22.3 Å². The van der Waals surface area contributed by atoms with Crippen LogP contribution in [0.15, 0.2) is 134 Å². The molecular formula is C45H49N3O4Y2-2. The average Bonchev–Trinajstić information content (AvgIpc) is 3.72. The van der Waals surface area contributed by atoms with Gasteiger partial charge in [-0.25, -0.2) is 0 Å². The maximum Gasteiger partial charge on any atom is 0.248 e. The van der Waals surface area contributed by atoms with E-state index in [0.717, 1.165) is 31.0 Å². The van der Waals surface area contributed by atoms with Crippen LogP contribution >= 0.6 is 0 Å². The number of hydrogen-bond donors (Lipinski definition) is 2. The Labute approximate surface area is 371 Å². The van der Waals surface area contributed by atoms with Crippen molar-refractivity contribution in [3.8, 4) is 22.3 Å². The van der Waals surface area contributed by atoms with Gasteiger partial charge in [-0.1, -0.05) is 135 Å². The van der Waals surface area contributed by atoms with Gasteiger partial charge in [-0.05, 0) is 81.3 Å². The van der Waals surface area contributed by atoms with E-state index < -0.39 is 4.92 Å². The van der Waals surface area contributed by atoms with Crippen molar-refractivity contribution in [2.24, 2.45) is 23.3 Å². The van der Waals surface area contributed by atoms with Crippen LogP contribution in [-0.4, -0.2) is 23.8 Å². The molecule has 4 aliphatic carbocycles. The molecule has 0 aliphatic heterocycles. The molecule has 0 saturated heterocycles. The molecule has 0 spiro atoms. The first-order valence-electron chi connectivity index (χ1n) is 17.0. The number of nitrogens with zero attached hydrogens (tertiary/aromatic N) is 1. The van der Waals surface area contributed by atoms with Gasteiger partial charge in [0.15, 0.2) is 7.05 Å². The Morgan fingerprint density at radius 2 is 0.907 bits per heavy atom. The van der Waals surface area contributed by atoms with E-state index in [0.29, 0.717) is 34.8 Å². The van der Waals surface area contributed by atoms with Gasteiger partial charge in [0.25, 0.3) is 0 Å². The molecule has 0 heterocycles. The molecule has 2 amide bonds. The summed E-state index contributed by atoms with van der Waals surface area (Å²) in [5, 5.41) is 8.81. The number of fused-ring (bicyclic) bond motifs is 6. The van der Waals surface area contributed by atoms with E-state index in [9.17, 15) is 9.59 Å². The second kappa shape index (κ2) is 22.7. The second-order valence-corrected chi connectivity index (χ2v) is 12.3. The maximum absolute atomic E-state index is 11.8. The summed E-state index contributed by atoms with van der Waals surface area (Å²) in [6.45, 7) is 4.00. The van der Waals surface area contributed by atoms with Crippen LogP contribution in [0.4, 0.5) is 0 Å². The van der Waals surface area contributed by atoms with Crippen molar-refractivity contribution in [2.75, 3.05) is 7.05 Å². The van der Waals surface area contributed by atoms with E-state index in [2.05, 4.69) is 72.9 Å².